The average molecular weight is 284 g/mol. The van der Waals surface area contributed by atoms with Crippen LogP contribution in [0.1, 0.15) is 10.4 Å². The van der Waals surface area contributed by atoms with E-state index in [2.05, 4.69) is 10.3 Å². The number of halogens is 2. The maximum absolute atomic E-state index is 8.71. The predicted molar refractivity (Wildman–Crippen MR) is 70.6 cm³/mol. The van der Waals surface area contributed by atoms with E-state index in [1.165, 1.54) is 11.3 Å². The minimum atomic E-state index is 0.521. The van der Waals surface area contributed by atoms with Crippen LogP contribution in [0.25, 0.3) is 0 Å². The molecule has 1 aromatic heterocycles. The summed E-state index contributed by atoms with van der Waals surface area (Å²) in [5, 5.41) is 12.4. The molecule has 0 fully saturated rings. The smallest absolute Gasteiger partial charge is 0.183 e. The fourth-order valence-electron chi connectivity index (χ4n) is 1.28. The fraction of sp³-hybridized carbons (Fsp3) is 0.0909. The van der Waals surface area contributed by atoms with Crippen LogP contribution >= 0.6 is 34.5 Å². The van der Waals surface area contributed by atoms with Gasteiger partial charge in [0.1, 0.15) is 0 Å². The number of nitrogens with one attached hydrogen (secondary N) is 1. The average Bonchev–Trinajstić information content (AvgIpc) is 2.73. The van der Waals surface area contributed by atoms with Gasteiger partial charge >= 0.3 is 0 Å². The van der Waals surface area contributed by atoms with Crippen molar-refractivity contribution in [3.63, 3.8) is 0 Å². The Morgan fingerprint density at radius 2 is 2.24 bits per heavy atom. The number of benzene rings is 1. The molecule has 1 aromatic carbocycles. The first-order chi connectivity index (χ1) is 8.19. The van der Waals surface area contributed by atoms with Crippen molar-refractivity contribution < 1.29 is 0 Å². The van der Waals surface area contributed by atoms with E-state index >= 15 is 0 Å². The number of thiazole rings is 1. The molecule has 0 unspecified atom stereocenters. The van der Waals surface area contributed by atoms with Crippen LogP contribution in [0.3, 0.4) is 0 Å². The number of hydrogen-bond donors (Lipinski definition) is 1. The summed E-state index contributed by atoms with van der Waals surface area (Å²) in [6.07, 6.45) is 1.72. The van der Waals surface area contributed by atoms with Gasteiger partial charge in [-0.1, -0.05) is 23.2 Å². The monoisotopic (exact) mass is 283 g/mol. The SMILES string of the molecule is N#Cc1ccc(NCc2cnc(Cl)s2)c(Cl)c1. The number of nitriles is 1. The van der Waals surface area contributed by atoms with Crippen molar-refractivity contribution in [2.45, 2.75) is 6.54 Å². The zero-order chi connectivity index (χ0) is 12.3. The third-order valence-electron chi connectivity index (χ3n) is 2.08. The number of aromatic nitrogens is 1. The molecule has 0 amide bonds. The second-order valence-corrected chi connectivity index (χ2v) is 5.34. The number of anilines is 1. The molecular weight excluding hydrogens is 277 g/mol. The fourth-order valence-corrected chi connectivity index (χ4v) is 2.44. The molecule has 0 aliphatic heterocycles. The van der Waals surface area contributed by atoms with Crippen molar-refractivity contribution in [1.29, 1.82) is 5.26 Å². The first-order valence-electron chi connectivity index (χ1n) is 4.73. The van der Waals surface area contributed by atoms with E-state index in [1.54, 1.807) is 24.4 Å². The minimum absolute atomic E-state index is 0.521. The van der Waals surface area contributed by atoms with Crippen molar-refractivity contribution in [2.75, 3.05) is 5.32 Å². The highest BCUT2D eigenvalue weighted by Crippen LogP contribution is 2.24. The van der Waals surface area contributed by atoms with Gasteiger partial charge in [0.15, 0.2) is 4.47 Å². The summed E-state index contributed by atoms with van der Waals surface area (Å²) < 4.78 is 0.521. The summed E-state index contributed by atoms with van der Waals surface area (Å²) in [5.41, 5.74) is 1.33. The van der Waals surface area contributed by atoms with Gasteiger partial charge in [0.25, 0.3) is 0 Å². The van der Waals surface area contributed by atoms with Crippen molar-refractivity contribution in [1.82, 2.24) is 4.98 Å². The lowest BCUT2D eigenvalue weighted by atomic mass is 10.2. The summed E-state index contributed by atoms with van der Waals surface area (Å²) in [6, 6.07) is 7.16. The van der Waals surface area contributed by atoms with Crippen LogP contribution in [-0.4, -0.2) is 4.98 Å². The van der Waals surface area contributed by atoms with Crippen molar-refractivity contribution in [3.8, 4) is 6.07 Å². The largest absolute Gasteiger partial charge is 0.379 e. The zero-order valence-electron chi connectivity index (χ0n) is 8.58. The van der Waals surface area contributed by atoms with Gasteiger partial charge < -0.3 is 5.32 Å². The highest BCUT2D eigenvalue weighted by molar-refractivity contribution is 7.15. The maximum atomic E-state index is 8.71. The molecule has 3 nitrogen and oxygen atoms in total. The number of rotatable bonds is 3. The molecule has 86 valence electrons. The third kappa shape index (κ3) is 3.10. The standard InChI is InChI=1S/C11H7Cl2N3S/c12-9-3-7(4-14)1-2-10(9)15-5-8-6-16-11(13)17-8/h1-3,6,15H,5H2. The lowest BCUT2D eigenvalue weighted by molar-refractivity contribution is 1.17. The molecule has 0 radical (unpaired) electrons. The number of hydrogen-bond acceptors (Lipinski definition) is 4. The molecule has 0 aliphatic rings. The molecule has 0 atom stereocenters. The highest BCUT2D eigenvalue weighted by atomic mass is 35.5. The van der Waals surface area contributed by atoms with Gasteiger partial charge in [0, 0.05) is 11.1 Å². The van der Waals surface area contributed by atoms with Gasteiger partial charge in [-0.2, -0.15) is 5.26 Å². The Balaban J connectivity index is 2.07. The molecule has 2 rings (SSSR count). The Kier molecular flexibility index (Phi) is 3.85. The van der Waals surface area contributed by atoms with Crippen LogP contribution < -0.4 is 5.32 Å². The first-order valence-corrected chi connectivity index (χ1v) is 6.30. The zero-order valence-corrected chi connectivity index (χ0v) is 10.9. The normalized spacial score (nSPS) is 9.94. The highest BCUT2D eigenvalue weighted by Gasteiger charge is 2.03. The molecule has 6 heteroatoms. The molecule has 0 saturated heterocycles. The molecule has 0 spiro atoms. The van der Waals surface area contributed by atoms with Crippen LogP contribution in [0.2, 0.25) is 9.49 Å². The summed E-state index contributed by atoms with van der Waals surface area (Å²) in [6.45, 7) is 0.607. The van der Waals surface area contributed by atoms with E-state index in [4.69, 9.17) is 28.5 Å². The molecule has 17 heavy (non-hydrogen) atoms. The Labute approximate surface area is 113 Å². The molecule has 0 bridgehead atoms. The van der Waals surface area contributed by atoms with Crippen LogP contribution in [0.15, 0.2) is 24.4 Å². The number of nitrogens with zero attached hydrogens (tertiary/aromatic N) is 2. The predicted octanol–water partition coefficient (Wildman–Crippen LogP) is 3.93. The molecule has 1 heterocycles. The van der Waals surface area contributed by atoms with Gasteiger partial charge in [-0.25, -0.2) is 4.98 Å². The third-order valence-corrected chi connectivity index (χ3v) is 3.50. The molecular formula is C11H7Cl2N3S. The minimum Gasteiger partial charge on any atom is -0.379 e. The van der Waals surface area contributed by atoms with E-state index in [1.807, 2.05) is 6.07 Å². The van der Waals surface area contributed by atoms with Crippen LogP contribution in [0.4, 0.5) is 5.69 Å². The van der Waals surface area contributed by atoms with Crippen molar-refractivity contribution in [3.05, 3.63) is 44.3 Å². The quantitative estimate of drug-likeness (QED) is 0.928. The first kappa shape index (κ1) is 12.2. The van der Waals surface area contributed by atoms with E-state index < -0.39 is 0 Å². The summed E-state index contributed by atoms with van der Waals surface area (Å²) in [4.78, 5) is 4.97. The van der Waals surface area contributed by atoms with Gasteiger partial charge in [0.2, 0.25) is 0 Å². The second kappa shape index (κ2) is 5.37. The summed E-state index contributed by atoms with van der Waals surface area (Å²) in [7, 11) is 0. The lowest BCUT2D eigenvalue weighted by Crippen LogP contribution is -1.98. The van der Waals surface area contributed by atoms with Gasteiger partial charge in [0.05, 0.1) is 28.9 Å². The van der Waals surface area contributed by atoms with Gasteiger partial charge in [-0.15, -0.1) is 11.3 Å². The molecule has 0 saturated carbocycles. The van der Waals surface area contributed by atoms with E-state index in [-0.39, 0.29) is 0 Å². The van der Waals surface area contributed by atoms with Crippen LogP contribution in [-0.2, 0) is 6.54 Å². The second-order valence-electron chi connectivity index (χ2n) is 3.24. The lowest BCUT2D eigenvalue weighted by Gasteiger charge is -2.06. The van der Waals surface area contributed by atoms with E-state index in [0.29, 0.717) is 21.6 Å². The maximum Gasteiger partial charge on any atom is 0.183 e. The Bertz CT molecular complexity index is 574. The summed E-state index contributed by atoms with van der Waals surface area (Å²) in [5.74, 6) is 0. The Morgan fingerprint density at radius 3 is 2.82 bits per heavy atom. The van der Waals surface area contributed by atoms with Crippen molar-refractivity contribution in [2.24, 2.45) is 0 Å². The van der Waals surface area contributed by atoms with Gasteiger partial charge in [-0.05, 0) is 18.2 Å². The van der Waals surface area contributed by atoms with Crippen molar-refractivity contribution >= 4 is 40.2 Å². The molecule has 1 N–H and O–H groups in total. The van der Waals surface area contributed by atoms with E-state index in [9.17, 15) is 0 Å². The summed E-state index contributed by atoms with van der Waals surface area (Å²) >= 11 is 13.2. The Hall–Kier alpha value is -1.28. The topological polar surface area (TPSA) is 48.7 Å². The molecule has 2 aromatic rings. The Morgan fingerprint density at radius 1 is 1.41 bits per heavy atom. The van der Waals surface area contributed by atoms with Crippen LogP contribution in [0, 0.1) is 11.3 Å². The van der Waals surface area contributed by atoms with Gasteiger partial charge in [-0.3, -0.25) is 0 Å². The van der Waals surface area contributed by atoms with E-state index in [0.717, 1.165) is 10.6 Å². The molecule has 0 aliphatic carbocycles. The van der Waals surface area contributed by atoms with Crippen LogP contribution in [0.5, 0.6) is 0 Å².